The van der Waals surface area contributed by atoms with E-state index in [1.807, 2.05) is 36.4 Å². The van der Waals surface area contributed by atoms with E-state index in [-0.39, 0.29) is 11.4 Å². The number of nitriles is 2. The standard InChI is InChI=1S/C45H25N3O/c46-26-32(27-47)43-38-12-4-5-13-39(38)45(49)40(43)24-28-17-18-30-25-31(20-19-29(30)23-28)34-21-22-42-44-36(34)14-8-15-37(44)35-11-6-7-16-41(35)48(42)33-9-2-1-3-10-33/h1-25H/b40-24-. The Labute approximate surface area is 283 Å². The van der Waals surface area contributed by atoms with E-state index < -0.39 is 0 Å². The number of carbonyl (C=O) groups excluding carboxylic acids is 1. The van der Waals surface area contributed by atoms with E-state index in [4.69, 9.17) is 0 Å². The maximum atomic E-state index is 13.4. The highest BCUT2D eigenvalue weighted by Crippen LogP contribution is 2.52. The van der Waals surface area contributed by atoms with Crippen molar-refractivity contribution in [3.8, 4) is 34.4 Å². The molecule has 4 heteroatoms. The third-order valence-electron chi connectivity index (χ3n) is 9.62. The highest BCUT2D eigenvalue weighted by molar-refractivity contribution is 6.30. The predicted octanol–water partition coefficient (Wildman–Crippen LogP) is 11.2. The van der Waals surface area contributed by atoms with Gasteiger partial charge in [-0.1, -0.05) is 109 Å². The maximum Gasteiger partial charge on any atom is 0.194 e. The Balaban J connectivity index is 1.16. The Hall–Kier alpha value is -7.01. The number of hydrogen-bond acceptors (Lipinski definition) is 4. The van der Waals surface area contributed by atoms with E-state index in [0.717, 1.165) is 38.8 Å². The summed E-state index contributed by atoms with van der Waals surface area (Å²) < 4.78 is 0. The van der Waals surface area contributed by atoms with E-state index in [1.54, 1.807) is 24.3 Å². The van der Waals surface area contributed by atoms with Crippen molar-refractivity contribution < 1.29 is 4.79 Å². The number of Topliss-reactive ketones (excluding diaryl/α,β-unsaturated/α-hetero) is 1. The van der Waals surface area contributed by atoms with Gasteiger partial charge in [-0.3, -0.25) is 4.79 Å². The van der Waals surface area contributed by atoms with Crippen molar-refractivity contribution in [2.75, 3.05) is 4.90 Å². The fourth-order valence-electron chi connectivity index (χ4n) is 7.47. The monoisotopic (exact) mass is 623 g/mol. The Morgan fingerprint density at radius 1 is 0.571 bits per heavy atom. The summed E-state index contributed by atoms with van der Waals surface area (Å²) in [5.74, 6) is -0.180. The highest BCUT2D eigenvalue weighted by atomic mass is 16.1. The number of para-hydroxylation sites is 2. The molecule has 0 radical (unpaired) electrons. The van der Waals surface area contributed by atoms with Crippen molar-refractivity contribution in [3.05, 3.63) is 173 Å². The molecule has 0 N–H and O–H groups in total. The molecule has 7 aromatic rings. The van der Waals surface area contributed by atoms with Gasteiger partial charge in [0.2, 0.25) is 0 Å². The summed E-state index contributed by atoms with van der Waals surface area (Å²) >= 11 is 0. The molecular weight excluding hydrogens is 599 g/mol. The van der Waals surface area contributed by atoms with E-state index >= 15 is 0 Å². The quantitative estimate of drug-likeness (QED) is 0.145. The topological polar surface area (TPSA) is 67.9 Å². The van der Waals surface area contributed by atoms with Gasteiger partial charge in [-0.25, -0.2) is 0 Å². The zero-order valence-electron chi connectivity index (χ0n) is 26.2. The summed E-state index contributed by atoms with van der Waals surface area (Å²) in [5.41, 5.74) is 10.8. The van der Waals surface area contributed by atoms with Gasteiger partial charge in [-0.05, 0) is 86.5 Å². The number of nitrogens with zero attached hydrogens (tertiary/aromatic N) is 3. The van der Waals surface area contributed by atoms with Crippen molar-refractivity contribution in [1.29, 1.82) is 10.5 Å². The van der Waals surface area contributed by atoms with Crippen molar-refractivity contribution in [1.82, 2.24) is 0 Å². The van der Waals surface area contributed by atoms with Crippen LogP contribution in [0.1, 0.15) is 21.5 Å². The molecule has 1 heterocycles. The van der Waals surface area contributed by atoms with Crippen LogP contribution in [0.3, 0.4) is 0 Å². The smallest absolute Gasteiger partial charge is 0.194 e. The van der Waals surface area contributed by atoms with Crippen LogP contribution in [-0.2, 0) is 0 Å². The van der Waals surface area contributed by atoms with Gasteiger partial charge in [0.05, 0.1) is 11.4 Å². The second-order valence-electron chi connectivity index (χ2n) is 12.3. The summed E-state index contributed by atoms with van der Waals surface area (Å²) in [4.78, 5) is 15.8. The van der Waals surface area contributed by atoms with Crippen LogP contribution in [-0.4, -0.2) is 5.78 Å². The van der Waals surface area contributed by atoms with Crippen molar-refractivity contribution >= 4 is 56.0 Å². The average Bonchev–Trinajstić information content (AvgIpc) is 3.43. The van der Waals surface area contributed by atoms with Crippen molar-refractivity contribution in [2.24, 2.45) is 0 Å². The lowest BCUT2D eigenvalue weighted by Crippen LogP contribution is -2.15. The van der Waals surface area contributed by atoms with Crippen molar-refractivity contribution in [2.45, 2.75) is 0 Å². The first-order valence-corrected chi connectivity index (χ1v) is 16.1. The SMILES string of the molecule is N#CC(C#N)=C1/C(=C/c2ccc3cc(-c4ccc5c6c(cccc46)-c4ccccc4N5c4ccccc4)ccc3c2)C(=O)c2ccccc21. The van der Waals surface area contributed by atoms with Crippen LogP contribution in [0.5, 0.6) is 0 Å². The van der Waals surface area contributed by atoms with Gasteiger partial charge in [-0.15, -0.1) is 0 Å². The summed E-state index contributed by atoms with van der Waals surface area (Å²) in [5, 5.41) is 23.9. The van der Waals surface area contributed by atoms with Gasteiger partial charge in [0, 0.05) is 33.3 Å². The van der Waals surface area contributed by atoms with Gasteiger partial charge in [0.1, 0.15) is 17.7 Å². The fraction of sp³-hybridized carbons (Fsp3) is 0. The first kappa shape index (κ1) is 28.2. The molecule has 0 bridgehead atoms. The third kappa shape index (κ3) is 4.33. The Kier molecular flexibility index (Phi) is 6.37. The molecule has 49 heavy (non-hydrogen) atoms. The molecule has 0 saturated heterocycles. The van der Waals surface area contributed by atoms with E-state index in [1.165, 1.54) is 27.6 Å². The molecule has 2 aliphatic rings. The number of benzene rings is 7. The highest BCUT2D eigenvalue weighted by Gasteiger charge is 2.32. The molecule has 0 unspecified atom stereocenters. The van der Waals surface area contributed by atoms with Crippen LogP contribution in [0.4, 0.5) is 17.1 Å². The van der Waals surface area contributed by atoms with E-state index in [0.29, 0.717) is 22.3 Å². The molecule has 1 aliphatic heterocycles. The summed E-state index contributed by atoms with van der Waals surface area (Å²) in [6.07, 6.45) is 1.79. The summed E-state index contributed by atoms with van der Waals surface area (Å²) in [6, 6.07) is 53.9. The van der Waals surface area contributed by atoms with Crippen LogP contribution >= 0.6 is 0 Å². The second-order valence-corrected chi connectivity index (χ2v) is 12.3. The van der Waals surface area contributed by atoms with Crippen LogP contribution in [0.25, 0.3) is 55.4 Å². The fourth-order valence-corrected chi connectivity index (χ4v) is 7.47. The van der Waals surface area contributed by atoms with Gasteiger partial charge in [-0.2, -0.15) is 10.5 Å². The van der Waals surface area contributed by atoms with Gasteiger partial charge in [0.25, 0.3) is 0 Å². The predicted molar refractivity (Wildman–Crippen MR) is 197 cm³/mol. The molecular formula is C45H25N3O. The molecule has 0 atom stereocenters. The molecule has 7 aromatic carbocycles. The molecule has 0 aromatic heterocycles. The Morgan fingerprint density at radius 2 is 1.27 bits per heavy atom. The Morgan fingerprint density at radius 3 is 2.08 bits per heavy atom. The number of rotatable bonds is 3. The Bertz CT molecular complexity index is 2690. The number of fused-ring (bicyclic) bond motifs is 4. The first-order valence-electron chi connectivity index (χ1n) is 16.1. The lowest BCUT2D eigenvalue weighted by molar-refractivity contribution is 0.104. The van der Waals surface area contributed by atoms with E-state index in [2.05, 4.69) is 108 Å². The summed E-state index contributed by atoms with van der Waals surface area (Å²) in [6.45, 7) is 0. The lowest BCUT2D eigenvalue weighted by Gasteiger charge is -2.34. The largest absolute Gasteiger partial charge is 0.309 e. The van der Waals surface area contributed by atoms with Crippen LogP contribution in [0.15, 0.2) is 157 Å². The zero-order valence-corrected chi connectivity index (χ0v) is 26.2. The summed E-state index contributed by atoms with van der Waals surface area (Å²) in [7, 11) is 0. The molecule has 226 valence electrons. The van der Waals surface area contributed by atoms with E-state index in [9.17, 15) is 15.3 Å². The number of hydrogen-bond donors (Lipinski definition) is 0. The lowest BCUT2D eigenvalue weighted by atomic mass is 9.87. The number of ketones is 1. The second kappa shape index (κ2) is 11.1. The van der Waals surface area contributed by atoms with Crippen molar-refractivity contribution in [3.63, 3.8) is 0 Å². The minimum absolute atomic E-state index is 0.0635. The molecule has 0 amide bonds. The first-order chi connectivity index (χ1) is 24.1. The molecule has 4 nitrogen and oxygen atoms in total. The number of anilines is 3. The average molecular weight is 624 g/mol. The molecule has 9 rings (SSSR count). The van der Waals surface area contributed by atoms with Gasteiger partial charge >= 0.3 is 0 Å². The zero-order chi connectivity index (χ0) is 33.1. The molecule has 0 saturated carbocycles. The third-order valence-corrected chi connectivity index (χ3v) is 9.62. The van der Waals surface area contributed by atoms with Gasteiger partial charge < -0.3 is 4.90 Å². The molecule has 1 aliphatic carbocycles. The minimum atomic E-state index is -0.180. The van der Waals surface area contributed by atoms with Gasteiger partial charge in [0.15, 0.2) is 5.78 Å². The normalized spacial score (nSPS) is 13.7. The van der Waals surface area contributed by atoms with Crippen LogP contribution < -0.4 is 4.90 Å². The maximum absolute atomic E-state index is 13.4. The van der Waals surface area contributed by atoms with Crippen LogP contribution in [0.2, 0.25) is 0 Å². The number of carbonyl (C=O) groups is 1. The molecule has 0 spiro atoms. The molecule has 0 fully saturated rings. The minimum Gasteiger partial charge on any atom is -0.309 e. The van der Waals surface area contributed by atoms with Crippen LogP contribution in [0, 0.1) is 22.7 Å². The number of allylic oxidation sites excluding steroid dienone is 3.